The third-order valence-electron chi connectivity index (χ3n) is 5.07. The molecule has 2 atom stereocenters. The van der Waals surface area contributed by atoms with Gasteiger partial charge < -0.3 is 16.4 Å². The molecule has 1 aliphatic heterocycles. The Morgan fingerprint density at radius 3 is 2.52 bits per heavy atom. The number of carbonyl (C=O) groups excluding carboxylic acids is 2. The van der Waals surface area contributed by atoms with Crippen LogP contribution in [0, 0.1) is 11.6 Å². The molecule has 0 saturated carbocycles. The van der Waals surface area contributed by atoms with Gasteiger partial charge in [0, 0.05) is 30.6 Å². The highest BCUT2D eigenvalue weighted by molar-refractivity contribution is 5.94. The van der Waals surface area contributed by atoms with Crippen molar-refractivity contribution >= 4 is 11.8 Å². The summed E-state index contributed by atoms with van der Waals surface area (Å²) in [7, 11) is 0. The Morgan fingerprint density at radius 2 is 2.00 bits per heavy atom. The minimum atomic E-state index is -0.880. The van der Waals surface area contributed by atoms with Crippen LogP contribution in [0.15, 0.2) is 42.0 Å². The van der Waals surface area contributed by atoms with Crippen LogP contribution in [-0.4, -0.2) is 35.3 Å². The van der Waals surface area contributed by atoms with Gasteiger partial charge in [-0.2, -0.15) is 0 Å². The molecule has 1 heterocycles. The van der Waals surface area contributed by atoms with Crippen molar-refractivity contribution in [3.8, 4) is 0 Å². The molecule has 0 spiro atoms. The predicted molar refractivity (Wildman–Crippen MR) is 109 cm³/mol. The zero-order chi connectivity index (χ0) is 21.4. The molecular weight excluding hydrogens is 376 g/mol. The molecule has 7 heteroatoms. The number of hydrogen-bond acceptors (Lipinski definition) is 3. The maximum atomic E-state index is 13.1. The molecule has 5 nitrogen and oxygen atoms in total. The topological polar surface area (TPSA) is 89.4 Å². The van der Waals surface area contributed by atoms with Crippen molar-refractivity contribution in [2.24, 2.45) is 11.5 Å². The molecule has 1 saturated heterocycles. The lowest BCUT2D eigenvalue weighted by atomic mass is 10.0. The first-order valence-corrected chi connectivity index (χ1v) is 9.93. The fraction of sp³-hybridized carbons (Fsp3) is 0.455. The summed E-state index contributed by atoms with van der Waals surface area (Å²) in [6, 6.07) is 3.62. The zero-order valence-corrected chi connectivity index (χ0v) is 16.7. The summed E-state index contributed by atoms with van der Waals surface area (Å²) < 4.78 is 25.9. The van der Waals surface area contributed by atoms with Crippen molar-refractivity contribution in [2.45, 2.75) is 57.5 Å². The van der Waals surface area contributed by atoms with Crippen molar-refractivity contribution in [3.05, 3.63) is 59.2 Å². The number of rotatable bonds is 5. The Balaban J connectivity index is 0.000000278. The number of carbonyl (C=O) groups is 2. The highest BCUT2D eigenvalue weighted by Gasteiger charge is 2.26. The molecule has 1 fully saturated rings. The highest BCUT2D eigenvalue weighted by atomic mass is 19.2. The summed E-state index contributed by atoms with van der Waals surface area (Å²) in [6.07, 6.45) is 10.2. The number of allylic oxidation sites excluding steroid dienone is 2. The van der Waals surface area contributed by atoms with E-state index in [9.17, 15) is 18.4 Å². The number of likely N-dealkylation sites (tertiary alicyclic amines) is 1. The maximum Gasteiger partial charge on any atom is 0.248 e. The van der Waals surface area contributed by atoms with Gasteiger partial charge in [0.1, 0.15) is 0 Å². The number of hydrogen-bond donors (Lipinski definition) is 2. The Morgan fingerprint density at radius 1 is 1.24 bits per heavy atom. The quantitative estimate of drug-likeness (QED) is 0.789. The molecule has 0 radical (unpaired) electrons. The Bertz CT molecular complexity index is 792. The summed E-state index contributed by atoms with van der Waals surface area (Å²) in [4.78, 5) is 24.4. The molecule has 4 N–H and O–H groups in total. The van der Waals surface area contributed by atoms with Crippen LogP contribution in [-0.2, 0) is 16.0 Å². The molecule has 158 valence electrons. The van der Waals surface area contributed by atoms with Crippen LogP contribution in [0.3, 0.4) is 0 Å². The summed E-state index contributed by atoms with van der Waals surface area (Å²) >= 11 is 0. The second-order valence-electron chi connectivity index (χ2n) is 7.50. The minimum Gasteiger partial charge on any atom is -0.366 e. The molecule has 1 unspecified atom stereocenters. The maximum absolute atomic E-state index is 13.1. The van der Waals surface area contributed by atoms with Crippen molar-refractivity contribution in [1.82, 2.24) is 4.90 Å². The summed E-state index contributed by atoms with van der Waals surface area (Å²) in [5.74, 6) is -2.03. The van der Waals surface area contributed by atoms with Crippen molar-refractivity contribution < 1.29 is 18.4 Å². The Hall–Kier alpha value is -2.54. The van der Waals surface area contributed by atoms with Crippen molar-refractivity contribution in [3.63, 3.8) is 0 Å². The SMILES string of the molecule is C[C@@H]1CCCN1C(=O)CC(N)Cc1ccc(F)c(F)c1.NC(=O)C1=CCCC=C1. The number of amides is 2. The first-order chi connectivity index (χ1) is 13.8. The number of nitrogens with zero attached hydrogens (tertiary/aromatic N) is 1. The molecule has 2 aliphatic rings. The second-order valence-corrected chi connectivity index (χ2v) is 7.50. The Kier molecular flexibility index (Phi) is 8.51. The van der Waals surface area contributed by atoms with Crippen molar-refractivity contribution in [1.29, 1.82) is 0 Å². The largest absolute Gasteiger partial charge is 0.366 e. The number of nitrogens with two attached hydrogens (primary N) is 2. The van der Waals surface area contributed by atoms with Gasteiger partial charge in [-0.05, 0) is 56.7 Å². The standard InChI is InChI=1S/C15H20F2N2O.C7H9NO/c1-10-3-2-6-19(10)15(20)9-12(18)7-11-4-5-13(16)14(17)8-11;8-7(9)6-4-2-1-3-5-6/h4-5,8,10,12H,2-3,6-7,9,18H2,1H3;2,4-5H,1,3H2,(H2,8,9)/t10-,12?;/m1./s1. The van der Waals surface area contributed by atoms with Gasteiger partial charge in [-0.15, -0.1) is 0 Å². The van der Waals surface area contributed by atoms with E-state index in [-0.39, 0.29) is 30.3 Å². The van der Waals surface area contributed by atoms with Crippen LogP contribution >= 0.6 is 0 Å². The lowest BCUT2D eigenvalue weighted by Crippen LogP contribution is -2.38. The molecule has 3 rings (SSSR count). The summed E-state index contributed by atoms with van der Waals surface area (Å²) in [6.45, 7) is 2.82. The van der Waals surface area contributed by atoms with E-state index in [0.717, 1.165) is 44.4 Å². The average Bonchev–Trinajstić information content (AvgIpc) is 3.12. The van der Waals surface area contributed by atoms with Crippen LogP contribution in [0.25, 0.3) is 0 Å². The molecule has 2 amide bonds. The van der Waals surface area contributed by atoms with E-state index in [1.807, 2.05) is 24.0 Å². The fourth-order valence-electron chi connectivity index (χ4n) is 3.48. The van der Waals surface area contributed by atoms with Crippen LogP contribution in [0.2, 0.25) is 0 Å². The van der Waals surface area contributed by atoms with E-state index in [1.54, 1.807) is 6.08 Å². The first-order valence-electron chi connectivity index (χ1n) is 9.93. The molecule has 0 aromatic heterocycles. The molecule has 29 heavy (non-hydrogen) atoms. The van der Waals surface area contributed by atoms with Crippen molar-refractivity contribution in [2.75, 3.05) is 6.54 Å². The lowest BCUT2D eigenvalue weighted by molar-refractivity contribution is -0.132. The van der Waals surface area contributed by atoms with Crippen LogP contribution < -0.4 is 11.5 Å². The third kappa shape index (κ3) is 7.09. The normalized spacial score (nSPS) is 19.2. The van der Waals surface area contributed by atoms with E-state index < -0.39 is 11.6 Å². The first kappa shape index (κ1) is 22.7. The van der Waals surface area contributed by atoms with Gasteiger partial charge in [-0.1, -0.05) is 24.3 Å². The smallest absolute Gasteiger partial charge is 0.248 e. The summed E-state index contributed by atoms with van der Waals surface area (Å²) in [5.41, 5.74) is 12.2. The fourth-order valence-corrected chi connectivity index (χ4v) is 3.48. The number of primary amides is 1. The van der Waals surface area contributed by atoms with Crippen LogP contribution in [0.1, 0.15) is 44.6 Å². The number of halogens is 2. The molecular formula is C22H29F2N3O2. The predicted octanol–water partition coefficient (Wildman–Crippen LogP) is 2.98. The number of benzene rings is 1. The average molecular weight is 405 g/mol. The highest BCUT2D eigenvalue weighted by Crippen LogP contribution is 2.18. The molecule has 1 aliphatic carbocycles. The van der Waals surface area contributed by atoms with E-state index in [1.165, 1.54) is 6.07 Å². The van der Waals surface area contributed by atoms with Crippen LogP contribution in [0.5, 0.6) is 0 Å². The van der Waals surface area contributed by atoms with Gasteiger partial charge in [0.2, 0.25) is 11.8 Å². The molecule has 0 bridgehead atoms. The van der Waals surface area contributed by atoms with Gasteiger partial charge in [-0.25, -0.2) is 8.78 Å². The van der Waals surface area contributed by atoms with E-state index >= 15 is 0 Å². The van der Waals surface area contributed by atoms with E-state index in [2.05, 4.69) is 0 Å². The third-order valence-corrected chi connectivity index (χ3v) is 5.07. The monoisotopic (exact) mass is 405 g/mol. The van der Waals surface area contributed by atoms with E-state index in [0.29, 0.717) is 17.6 Å². The Labute approximate surface area is 170 Å². The van der Waals surface area contributed by atoms with Gasteiger partial charge in [0.05, 0.1) is 0 Å². The van der Waals surface area contributed by atoms with Gasteiger partial charge in [-0.3, -0.25) is 9.59 Å². The zero-order valence-electron chi connectivity index (χ0n) is 16.7. The molecule has 1 aromatic carbocycles. The van der Waals surface area contributed by atoms with E-state index in [4.69, 9.17) is 11.5 Å². The van der Waals surface area contributed by atoms with Gasteiger partial charge in [0.25, 0.3) is 0 Å². The summed E-state index contributed by atoms with van der Waals surface area (Å²) in [5, 5.41) is 0. The van der Waals surface area contributed by atoms with Gasteiger partial charge in [0.15, 0.2) is 11.6 Å². The van der Waals surface area contributed by atoms with Gasteiger partial charge >= 0.3 is 0 Å². The second kappa shape index (κ2) is 10.9. The molecule has 1 aromatic rings. The minimum absolute atomic E-state index is 0.0464. The lowest BCUT2D eigenvalue weighted by Gasteiger charge is -2.23. The van der Waals surface area contributed by atoms with Crippen LogP contribution in [0.4, 0.5) is 8.78 Å².